The first-order valence-electron chi connectivity index (χ1n) is 12.1. The lowest BCUT2D eigenvalue weighted by Gasteiger charge is -2.27. The van der Waals surface area contributed by atoms with Crippen LogP contribution in [0.15, 0.2) is 60.9 Å². The zero-order chi connectivity index (χ0) is 26.1. The number of aryl methyl sites for hydroxylation is 1. The van der Waals surface area contributed by atoms with Gasteiger partial charge in [0.05, 0.1) is 24.2 Å². The molecule has 9 heteroatoms. The smallest absolute Gasteiger partial charge is 0.266 e. The summed E-state index contributed by atoms with van der Waals surface area (Å²) in [5, 5.41) is 8.64. The molecule has 0 aliphatic carbocycles. The maximum Gasteiger partial charge on any atom is 0.266 e. The van der Waals surface area contributed by atoms with Gasteiger partial charge in [0, 0.05) is 66.9 Å². The molecule has 6 nitrogen and oxygen atoms in total. The predicted molar refractivity (Wildman–Crippen MR) is 140 cm³/mol. The van der Waals surface area contributed by atoms with Gasteiger partial charge in [-0.1, -0.05) is 24.3 Å². The Morgan fingerprint density at radius 1 is 1.11 bits per heavy atom. The number of ether oxygens (including phenoxy) is 1. The Labute approximate surface area is 213 Å². The molecule has 2 aromatic carbocycles. The molecule has 3 heterocycles. The lowest BCUT2D eigenvalue weighted by atomic mass is 9.96. The summed E-state index contributed by atoms with van der Waals surface area (Å²) in [7, 11) is 3.54. The predicted octanol–water partition coefficient (Wildman–Crippen LogP) is 6.52. The second kappa shape index (κ2) is 10.2. The van der Waals surface area contributed by atoms with Gasteiger partial charge in [-0.25, -0.2) is 13.2 Å². The van der Waals surface area contributed by atoms with Crippen LogP contribution >= 0.6 is 0 Å². The fourth-order valence-corrected chi connectivity index (χ4v) is 4.79. The molecule has 0 unspecified atom stereocenters. The molecule has 0 saturated carbocycles. The van der Waals surface area contributed by atoms with Crippen LogP contribution in [0.4, 0.5) is 24.7 Å². The molecule has 1 aliphatic rings. The molecule has 0 saturated heterocycles. The summed E-state index contributed by atoms with van der Waals surface area (Å²) in [6, 6.07) is 11.3. The third-order valence-corrected chi connectivity index (χ3v) is 6.77. The van der Waals surface area contributed by atoms with Crippen LogP contribution in [0.25, 0.3) is 16.5 Å². The third kappa shape index (κ3) is 4.85. The monoisotopic (exact) mass is 507 g/mol. The van der Waals surface area contributed by atoms with Gasteiger partial charge in [0.15, 0.2) is 5.82 Å². The number of methoxy groups -OCH3 is 1. The normalized spacial score (nSPS) is 14.7. The molecule has 0 bridgehead atoms. The van der Waals surface area contributed by atoms with E-state index in [1.165, 1.54) is 12.1 Å². The minimum atomic E-state index is -2.87. The van der Waals surface area contributed by atoms with Crippen LogP contribution in [0.5, 0.6) is 5.75 Å². The largest absolute Gasteiger partial charge is 0.496 e. The van der Waals surface area contributed by atoms with E-state index in [1.54, 1.807) is 24.9 Å². The van der Waals surface area contributed by atoms with E-state index in [0.29, 0.717) is 5.52 Å². The number of anilines is 2. The van der Waals surface area contributed by atoms with Crippen LogP contribution in [0, 0.1) is 5.82 Å². The molecule has 1 atom stereocenters. The van der Waals surface area contributed by atoms with Crippen molar-refractivity contribution in [2.24, 2.45) is 7.05 Å². The number of nitrogens with zero attached hydrogens (tertiary/aromatic N) is 4. The van der Waals surface area contributed by atoms with Gasteiger partial charge in [-0.2, -0.15) is 5.10 Å². The van der Waals surface area contributed by atoms with Crippen molar-refractivity contribution in [3.8, 4) is 5.75 Å². The summed E-state index contributed by atoms with van der Waals surface area (Å²) >= 11 is 0. The van der Waals surface area contributed by atoms with Gasteiger partial charge in [0.2, 0.25) is 0 Å². The lowest BCUT2D eigenvalue weighted by Crippen LogP contribution is -2.28. The van der Waals surface area contributed by atoms with Crippen molar-refractivity contribution < 1.29 is 17.9 Å². The van der Waals surface area contributed by atoms with Gasteiger partial charge in [-0.15, -0.1) is 0 Å². The van der Waals surface area contributed by atoms with E-state index in [-0.39, 0.29) is 5.56 Å². The fraction of sp³-hybridized carbons (Fsp3) is 0.286. The number of pyridine rings is 1. The molecular formula is C28H28F3N5O. The van der Waals surface area contributed by atoms with Gasteiger partial charge in [-0.3, -0.25) is 9.67 Å². The maximum atomic E-state index is 14.8. The topological polar surface area (TPSA) is 55.2 Å². The maximum absolute atomic E-state index is 14.8. The molecular weight excluding hydrogens is 479 g/mol. The van der Waals surface area contributed by atoms with Crippen LogP contribution in [-0.2, 0) is 7.05 Å². The molecule has 0 spiro atoms. The Hall–Kier alpha value is -4.01. The van der Waals surface area contributed by atoms with E-state index in [9.17, 15) is 13.2 Å². The number of fused-ring (bicyclic) bond motifs is 1. The molecule has 1 N–H and O–H groups in total. The van der Waals surface area contributed by atoms with E-state index >= 15 is 0 Å². The Balaban J connectivity index is 1.47. The molecule has 4 aromatic rings. The number of aromatic nitrogens is 3. The average molecular weight is 508 g/mol. The number of hydrogen-bond donors (Lipinski definition) is 1. The first kappa shape index (κ1) is 24.7. The number of hydrogen-bond acceptors (Lipinski definition) is 5. The van der Waals surface area contributed by atoms with Crippen LogP contribution in [-0.4, -0.2) is 35.0 Å². The van der Waals surface area contributed by atoms with Crippen molar-refractivity contribution in [3.05, 3.63) is 83.4 Å². The Kier molecular flexibility index (Phi) is 6.78. The standard InChI is InChI=1S/C28H28F3N5O/c1-17(19-5-4-6-20(27(19)29)28(30)31)33-23-7-11-32-24-16-25(37-3)21(15-22(23)24)18-8-13-36(14-9-18)26-10-12-35(2)34-26/h4-8,10-12,15-17,28H,9,13-14H2,1-3H3,(H,32,33)/t17-/m1/s1. The summed E-state index contributed by atoms with van der Waals surface area (Å²) < 4.78 is 48.7. The van der Waals surface area contributed by atoms with Gasteiger partial charge >= 0.3 is 0 Å². The third-order valence-electron chi connectivity index (χ3n) is 6.77. The Morgan fingerprint density at radius 3 is 2.59 bits per heavy atom. The minimum Gasteiger partial charge on any atom is -0.496 e. The molecule has 1 aliphatic heterocycles. The molecule has 192 valence electrons. The molecule has 0 radical (unpaired) electrons. The van der Waals surface area contributed by atoms with E-state index in [0.717, 1.165) is 59.4 Å². The van der Waals surface area contributed by atoms with Crippen molar-refractivity contribution in [3.63, 3.8) is 0 Å². The first-order valence-corrected chi connectivity index (χ1v) is 12.1. The van der Waals surface area contributed by atoms with Crippen molar-refractivity contribution in [2.75, 3.05) is 30.4 Å². The molecule has 37 heavy (non-hydrogen) atoms. The van der Waals surface area contributed by atoms with E-state index in [1.807, 2.05) is 37.5 Å². The van der Waals surface area contributed by atoms with Gasteiger partial charge in [0.25, 0.3) is 6.43 Å². The van der Waals surface area contributed by atoms with Crippen LogP contribution < -0.4 is 15.0 Å². The minimum absolute atomic E-state index is 0.182. The lowest BCUT2D eigenvalue weighted by molar-refractivity contribution is 0.146. The molecule has 0 fully saturated rings. The second-order valence-electron chi connectivity index (χ2n) is 9.12. The molecule has 5 rings (SSSR count). The van der Waals surface area contributed by atoms with E-state index in [2.05, 4.69) is 26.4 Å². The van der Waals surface area contributed by atoms with Crippen LogP contribution in [0.3, 0.4) is 0 Å². The number of benzene rings is 2. The average Bonchev–Trinajstić information content (AvgIpc) is 3.34. The molecule has 2 aromatic heterocycles. The van der Waals surface area contributed by atoms with Crippen molar-refractivity contribution in [2.45, 2.75) is 25.8 Å². The number of rotatable bonds is 7. The number of alkyl halides is 2. The highest BCUT2D eigenvalue weighted by Gasteiger charge is 2.22. The summed E-state index contributed by atoms with van der Waals surface area (Å²) in [6.45, 7) is 3.29. The summed E-state index contributed by atoms with van der Waals surface area (Å²) in [5.74, 6) is 0.776. The Morgan fingerprint density at radius 2 is 1.92 bits per heavy atom. The Bertz CT molecular complexity index is 1470. The summed E-state index contributed by atoms with van der Waals surface area (Å²) in [5.41, 5.74) is 3.15. The van der Waals surface area contributed by atoms with Crippen molar-refractivity contribution >= 4 is 28.0 Å². The van der Waals surface area contributed by atoms with Gasteiger partial charge in [0.1, 0.15) is 11.6 Å². The summed E-state index contributed by atoms with van der Waals surface area (Å²) in [4.78, 5) is 6.71. The highest BCUT2D eigenvalue weighted by molar-refractivity contribution is 5.95. The summed E-state index contributed by atoms with van der Waals surface area (Å²) in [6.07, 6.45) is 3.70. The SMILES string of the molecule is COc1cc2nccc(N[C@H](C)c3cccc(C(F)F)c3F)c2cc1C1=CCN(c2ccn(C)n2)CC1. The fourth-order valence-electron chi connectivity index (χ4n) is 4.79. The van der Waals surface area contributed by atoms with Crippen molar-refractivity contribution in [1.29, 1.82) is 0 Å². The number of nitrogens with one attached hydrogen (secondary N) is 1. The van der Waals surface area contributed by atoms with Gasteiger partial charge in [-0.05, 0) is 31.1 Å². The first-order chi connectivity index (χ1) is 17.9. The quantitative estimate of drug-likeness (QED) is 0.309. The van der Waals surface area contributed by atoms with Crippen LogP contribution in [0.2, 0.25) is 0 Å². The number of halogens is 3. The van der Waals surface area contributed by atoms with Crippen molar-refractivity contribution in [1.82, 2.24) is 14.8 Å². The van der Waals surface area contributed by atoms with Gasteiger partial charge < -0.3 is 15.0 Å². The van der Waals surface area contributed by atoms with Crippen LogP contribution in [0.1, 0.15) is 42.5 Å². The highest BCUT2D eigenvalue weighted by atomic mass is 19.3. The van der Waals surface area contributed by atoms with E-state index in [4.69, 9.17) is 4.74 Å². The second-order valence-corrected chi connectivity index (χ2v) is 9.12. The highest BCUT2D eigenvalue weighted by Crippen LogP contribution is 2.37. The zero-order valence-corrected chi connectivity index (χ0v) is 20.9. The molecule has 0 amide bonds. The van der Waals surface area contributed by atoms with E-state index < -0.39 is 23.8 Å². The zero-order valence-electron chi connectivity index (χ0n) is 20.9.